The molecule has 9 heteroatoms. The van der Waals surface area contributed by atoms with Gasteiger partial charge in [-0.15, -0.1) is 0 Å². The fourth-order valence-corrected chi connectivity index (χ4v) is 7.38. The molecule has 3 aromatic heterocycles. The van der Waals surface area contributed by atoms with Gasteiger partial charge in [-0.1, -0.05) is 40.5 Å². The van der Waals surface area contributed by atoms with Crippen LogP contribution in [0.25, 0.3) is 33.5 Å². The Labute approximate surface area is 273 Å². The highest BCUT2D eigenvalue weighted by Crippen LogP contribution is 2.38. The number of hydrogen-bond acceptors (Lipinski definition) is 5. The van der Waals surface area contributed by atoms with Crippen LogP contribution in [0.3, 0.4) is 0 Å². The zero-order chi connectivity index (χ0) is 33.2. The molecule has 0 radical (unpaired) electrons. The third-order valence-electron chi connectivity index (χ3n) is 10.2. The van der Waals surface area contributed by atoms with Crippen molar-refractivity contribution < 1.29 is 14.3 Å². The number of hydrogen-bond donors (Lipinski definition) is 1. The van der Waals surface area contributed by atoms with Crippen molar-refractivity contribution in [3.63, 3.8) is 0 Å². The molecular weight excluding hydrogens is 576 g/mol. The van der Waals surface area contributed by atoms with Crippen molar-refractivity contribution in [2.45, 2.75) is 105 Å². The highest BCUT2D eigenvalue weighted by molar-refractivity contribution is 5.98. The molecule has 1 saturated heterocycles. The van der Waals surface area contributed by atoms with E-state index in [1.54, 1.807) is 0 Å². The fourth-order valence-electron chi connectivity index (χ4n) is 7.38. The second-order valence-corrected chi connectivity index (χ2v) is 14.3. The summed E-state index contributed by atoms with van der Waals surface area (Å²) in [6, 6.07) is 9.74. The molecule has 248 valence electrons. The number of aryl methyl sites for hydroxylation is 2. The lowest BCUT2D eigenvalue weighted by atomic mass is 9.71. The molecule has 5 rings (SSSR count). The molecule has 4 aromatic rings. The molecule has 1 aliphatic heterocycles. The van der Waals surface area contributed by atoms with Gasteiger partial charge in [0.05, 0.1) is 22.2 Å². The van der Waals surface area contributed by atoms with Gasteiger partial charge in [-0.2, -0.15) is 0 Å². The third kappa shape index (κ3) is 6.93. The molecular formula is C37H52N6O3. The standard InChI is InChI=1S/C37H52N6O3/c1-9-27(10-2)36(4,5)17-18-37(6,7)46-35(45)39-28-13-12-20-42(24-28)34(44)25-14-15-31-29(21-25)40-33(41(31)8)32-22-26-23-38-19-16-30(26)43(32)11-3/h14-16,19,21-23,27-28H,9-13,17-18,20,24H2,1-8H3,(H,39,45). The number of amides is 2. The van der Waals surface area contributed by atoms with E-state index in [4.69, 9.17) is 9.72 Å². The van der Waals surface area contributed by atoms with Crippen LogP contribution in [0.4, 0.5) is 4.79 Å². The van der Waals surface area contributed by atoms with Crippen LogP contribution in [-0.4, -0.2) is 60.7 Å². The van der Waals surface area contributed by atoms with E-state index in [1.807, 2.05) is 62.5 Å². The Morgan fingerprint density at radius 3 is 2.52 bits per heavy atom. The maximum atomic E-state index is 13.7. The summed E-state index contributed by atoms with van der Waals surface area (Å²) in [4.78, 5) is 37.8. The number of aromatic nitrogens is 4. The van der Waals surface area contributed by atoms with Gasteiger partial charge in [0.1, 0.15) is 5.60 Å². The first-order valence-electron chi connectivity index (χ1n) is 17.1. The number of likely N-dealkylation sites (tertiary alicyclic amines) is 1. The first-order chi connectivity index (χ1) is 21.9. The maximum absolute atomic E-state index is 13.7. The first-order valence-corrected chi connectivity index (χ1v) is 17.1. The van der Waals surface area contributed by atoms with Gasteiger partial charge in [-0.25, -0.2) is 9.78 Å². The van der Waals surface area contributed by atoms with Gasteiger partial charge in [0, 0.05) is 56.1 Å². The molecule has 9 nitrogen and oxygen atoms in total. The zero-order valence-corrected chi connectivity index (χ0v) is 29.0. The molecule has 4 heterocycles. The Balaban J connectivity index is 1.24. The molecule has 0 saturated carbocycles. The lowest BCUT2D eigenvalue weighted by Gasteiger charge is -2.37. The average molecular weight is 629 g/mol. The highest BCUT2D eigenvalue weighted by Gasteiger charge is 2.33. The van der Waals surface area contributed by atoms with E-state index in [0.717, 1.165) is 78.5 Å². The van der Waals surface area contributed by atoms with Gasteiger partial charge < -0.3 is 24.1 Å². The van der Waals surface area contributed by atoms with Gasteiger partial charge in [0.15, 0.2) is 5.82 Å². The Bertz CT molecular complexity index is 1700. The molecule has 1 atom stereocenters. The summed E-state index contributed by atoms with van der Waals surface area (Å²) in [6.45, 7) is 17.2. The van der Waals surface area contributed by atoms with Gasteiger partial charge in [-0.3, -0.25) is 9.78 Å². The van der Waals surface area contributed by atoms with Crippen LogP contribution >= 0.6 is 0 Å². The van der Waals surface area contributed by atoms with Crippen molar-refractivity contribution in [1.82, 2.24) is 29.3 Å². The molecule has 1 fully saturated rings. The Morgan fingerprint density at radius 1 is 1.04 bits per heavy atom. The van der Waals surface area contributed by atoms with Gasteiger partial charge in [-0.05, 0) is 88.1 Å². The molecule has 2 amide bonds. The number of ether oxygens (including phenoxy) is 1. The number of pyridine rings is 1. The van der Waals surface area contributed by atoms with Gasteiger partial charge in [0.2, 0.25) is 0 Å². The molecule has 0 spiro atoms. The summed E-state index contributed by atoms with van der Waals surface area (Å²) in [5.74, 6) is 1.45. The van der Waals surface area contributed by atoms with Crippen LogP contribution in [-0.2, 0) is 18.3 Å². The Morgan fingerprint density at radius 2 is 1.80 bits per heavy atom. The van der Waals surface area contributed by atoms with E-state index < -0.39 is 11.7 Å². The number of nitrogens with one attached hydrogen (secondary N) is 1. The zero-order valence-electron chi connectivity index (χ0n) is 29.0. The van der Waals surface area contributed by atoms with E-state index in [1.165, 1.54) is 0 Å². The largest absolute Gasteiger partial charge is 0.444 e. The predicted octanol–water partition coefficient (Wildman–Crippen LogP) is 7.96. The van der Waals surface area contributed by atoms with Crippen molar-refractivity contribution >= 4 is 33.9 Å². The van der Waals surface area contributed by atoms with Gasteiger partial charge >= 0.3 is 6.09 Å². The number of fused-ring (bicyclic) bond motifs is 2. The second kappa shape index (κ2) is 13.5. The average Bonchev–Trinajstić information content (AvgIpc) is 3.56. The molecule has 1 N–H and O–H groups in total. The number of carbonyl (C=O) groups is 2. The van der Waals surface area contributed by atoms with Crippen molar-refractivity contribution in [3.8, 4) is 11.5 Å². The van der Waals surface area contributed by atoms with E-state index >= 15 is 0 Å². The van der Waals surface area contributed by atoms with Crippen LogP contribution in [0.1, 0.15) is 97.3 Å². The summed E-state index contributed by atoms with van der Waals surface area (Å²) in [5, 5.41) is 4.13. The summed E-state index contributed by atoms with van der Waals surface area (Å²) in [5.41, 5.74) is 4.10. The minimum absolute atomic E-state index is 0.0494. The number of nitrogens with zero attached hydrogens (tertiary/aromatic N) is 5. The lowest BCUT2D eigenvalue weighted by Crippen LogP contribution is -2.50. The number of imidazole rings is 1. The van der Waals surface area contributed by atoms with Crippen molar-refractivity contribution in [2.24, 2.45) is 18.4 Å². The summed E-state index contributed by atoms with van der Waals surface area (Å²) < 4.78 is 10.3. The van der Waals surface area contributed by atoms with Gasteiger partial charge in [0.25, 0.3) is 5.91 Å². The molecule has 1 aliphatic rings. The summed E-state index contributed by atoms with van der Waals surface area (Å²) in [7, 11) is 2.01. The predicted molar refractivity (Wildman–Crippen MR) is 185 cm³/mol. The van der Waals surface area contributed by atoms with E-state index in [0.29, 0.717) is 24.6 Å². The van der Waals surface area contributed by atoms with E-state index in [2.05, 4.69) is 60.1 Å². The van der Waals surface area contributed by atoms with Crippen molar-refractivity contribution in [1.29, 1.82) is 0 Å². The summed E-state index contributed by atoms with van der Waals surface area (Å²) in [6.07, 6.45) is 9.01. The normalized spacial score (nSPS) is 16.0. The first kappa shape index (κ1) is 33.5. The SMILES string of the molecule is CCC(CC)C(C)(C)CCC(C)(C)OC(=O)NC1CCCN(C(=O)c2ccc3c(c2)nc(-c2cc4cnccc4n2CC)n3C)C1. The van der Waals surface area contributed by atoms with Crippen LogP contribution in [0.2, 0.25) is 0 Å². The van der Waals surface area contributed by atoms with Crippen molar-refractivity contribution in [3.05, 3.63) is 48.3 Å². The number of alkyl carbamates (subject to hydrolysis) is 1. The number of rotatable bonds is 11. The lowest BCUT2D eigenvalue weighted by molar-refractivity contribution is 0.0144. The van der Waals surface area contributed by atoms with Crippen molar-refractivity contribution in [2.75, 3.05) is 13.1 Å². The maximum Gasteiger partial charge on any atom is 0.407 e. The third-order valence-corrected chi connectivity index (χ3v) is 10.2. The fraction of sp³-hybridized carbons (Fsp3) is 0.568. The molecule has 0 bridgehead atoms. The Hall–Kier alpha value is -3.88. The smallest absolute Gasteiger partial charge is 0.407 e. The second-order valence-electron chi connectivity index (χ2n) is 14.3. The highest BCUT2D eigenvalue weighted by atomic mass is 16.6. The minimum Gasteiger partial charge on any atom is -0.444 e. The monoisotopic (exact) mass is 628 g/mol. The van der Waals surface area contributed by atoms with E-state index in [9.17, 15) is 9.59 Å². The number of benzene rings is 1. The molecule has 46 heavy (non-hydrogen) atoms. The topological polar surface area (TPSA) is 94.3 Å². The minimum atomic E-state index is -0.573. The van der Waals surface area contributed by atoms with Crippen LogP contribution < -0.4 is 5.32 Å². The summed E-state index contributed by atoms with van der Waals surface area (Å²) >= 11 is 0. The van der Waals surface area contributed by atoms with Crippen LogP contribution in [0.5, 0.6) is 0 Å². The van der Waals surface area contributed by atoms with Crippen LogP contribution in [0.15, 0.2) is 42.7 Å². The Kier molecular flexibility index (Phi) is 9.80. The molecule has 0 aliphatic carbocycles. The quantitative estimate of drug-likeness (QED) is 0.182. The number of carbonyl (C=O) groups excluding carboxylic acids is 2. The molecule has 1 aromatic carbocycles. The molecule has 1 unspecified atom stereocenters. The number of piperidine rings is 1. The van der Waals surface area contributed by atoms with Crippen LogP contribution in [0, 0.1) is 11.3 Å². The van der Waals surface area contributed by atoms with E-state index in [-0.39, 0.29) is 17.4 Å².